The number of amides is 2. The molecule has 2 unspecified atom stereocenters. The number of fused-ring (bicyclic) bond motifs is 4. The minimum absolute atomic E-state index is 0.000217. The summed E-state index contributed by atoms with van der Waals surface area (Å²) in [6, 6.07) is 10.1. The zero-order chi connectivity index (χ0) is 48.0. The van der Waals surface area contributed by atoms with Gasteiger partial charge in [0.05, 0.1) is 107 Å². The fraction of sp³-hybridized carbons (Fsp3) is 0.480. The minimum atomic E-state index is -0.313. The quantitative estimate of drug-likeness (QED) is 0.0585. The number of allylic oxidation sites excluding steroid dienone is 2. The summed E-state index contributed by atoms with van der Waals surface area (Å²) in [7, 11) is 6.05. The zero-order valence-electron chi connectivity index (χ0n) is 39.8. The summed E-state index contributed by atoms with van der Waals surface area (Å²) >= 11 is 0. The topological polar surface area (TPSA) is 182 Å². The third-order valence-electron chi connectivity index (χ3n) is 12.2. The van der Waals surface area contributed by atoms with E-state index in [4.69, 9.17) is 57.6 Å². The summed E-state index contributed by atoms with van der Waals surface area (Å²) in [5.74, 6) is 1.48. The molecule has 2 aromatic carbocycles. The lowest BCUT2D eigenvalue weighted by molar-refractivity contribution is -0.141. The maximum atomic E-state index is 13.7. The van der Waals surface area contributed by atoms with Crippen molar-refractivity contribution in [1.82, 2.24) is 19.7 Å². The molecular weight excluding hydrogens is 877 g/mol. The molecule has 0 N–H and O–H groups in total. The number of carbonyl (C=O) groups excluding carboxylic acids is 3. The van der Waals surface area contributed by atoms with Crippen LogP contribution in [0.3, 0.4) is 0 Å². The van der Waals surface area contributed by atoms with Crippen LogP contribution in [0, 0.1) is 0 Å². The van der Waals surface area contributed by atoms with Crippen LogP contribution in [-0.4, -0.2) is 163 Å². The van der Waals surface area contributed by atoms with Crippen molar-refractivity contribution in [3.05, 3.63) is 82.2 Å². The standard InChI is InChI=1S/C50H62N6O12/c1-7-33-19-37-27-51-42-25-46(44(61-4)23-40(42)49(58)55(37)29-33)67-31-35-21-39(66-14-12-54(10-9-48(57)63-6)11-13-64-17-18-65-16-15-60-3)22-36(53-35)32-68-47-26-43-41(24-45(47)62-5)50(59)56-30-34(8-2)20-38(56)28-52-43/h7-8,21-28,37-38H,9-20,29-32H2,1-6H3/b33-7+,34-8+. The van der Waals surface area contributed by atoms with Gasteiger partial charge in [0.1, 0.15) is 25.6 Å². The molecule has 7 rings (SSSR count). The number of hydrogen-bond acceptors (Lipinski definition) is 16. The second kappa shape index (κ2) is 24.1. The van der Waals surface area contributed by atoms with Crippen molar-refractivity contribution in [3.8, 4) is 28.7 Å². The highest BCUT2D eigenvalue weighted by Crippen LogP contribution is 2.41. The van der Waals surface area contributed by atoms with Gasteiger partial charge in [0.25, 0.3) is 11.8 Å². The van der Waals surface area contributed by atoms with Crippen LogP contribution in [0.4, 0.5) is 11.4 Å². The second-order valence-corrected chi connectivity index (χ2v) is 16.5. The van der Waals surface area contributed by atoms with Crippen LogP contribution in [0.1, 0.15) is 65.2 Å². The molecule has 0 saturated carbocycles. The van der Waals surface area contributed by atoms with Crippen molar-refractivity contribution in [3.63, 3.8) is 0 Å². The lowest BCUT2D eigenvalue weighted by Crippen LogP contribution is -2.35. The molecule has 18 heteroatoms. The maximum Gasteiger partial charge on any atom is 0.306 e. The van der Waals surface area contributed by atoms with Crippen LogP contribution in [0.5, 0.6) is 28.7 Å². The first kappa shape index (κ1) is 49.6. The molecule has 2 atom stereocenters. The minimum Gasteiger partial charge on any atom is -0.493 e. The second-order valence-electron chi connectivity index (χ2n) is 16.5. The Hall–Kier alpha value is -6.34. The highest BCUT2D eigenvalue weighted by Gasteiger charge is 2.36. The Kier molecular flexibility index (Phi) is 17.6. The monoisotopic (exact) mass is 938 g/mol. The summed E-state index contributed by atoms with van der Waals surface area (Å²) in [5, 5.41) is 0. The molecule has 2 amide bonds. The number of aliphatic imine (C=N–C) groups is 2. The smallest absolute Gasteiger partial charge is 0.306 e. The van der Waals surface area contributed by atoms with E-state index in [-0.39, 0.29) is 56.1 Å². The molecule has 0 bridgehead atoms. The molecule has 0 aliphatic carbocycles. The molecule has 4 aliphatic rings. The average Bonchev–Trinajstić information content (AvgIpc) is 3.93. The van der Waals surface area contributed by atoms with Crippen molar-refractivity contribution in [2.45, 2.75) is 58.4 Å². The van der Waals surface area contributed by atoms with E-state index in [1.54, 1.807) is 43.5 Å². The molecule has 0 radical (unpaired) electrons. The normalized spacial score (nSPS) is 18.3. The largest absolute Gasteiger partial charge is 0.493 e. The van der Waals surface area contributed by atoms with Gasteiger partial charge in [0.2, 0.25) is 0 Å². The van der Waals surface area contributed by atoms with E-state index < -0.39 is 0 Å². The maximum absolute atomic E-state index is 13.7. The summed E-state index contributed by atoms with van der Waals surface area (Å²) in [6.07, 6.45) is 9.44. The molecule has 4 aliphatic heterocycles. The Morgan fingerprint density at radius 1 is 0.647 bits per heavy atom. The van der Waals surface area contributed by atoms with E-state index in [0.29, 0.717) is 128 Å². The zero-order valence-corrected chi connectivity index (χ0v) is 39.8. The van der Waals surface area contributed by atoms with Crippen LogP contribution in [0.2, 0.25) is 0 Å². The Balaban J connectivity index is 1.09. The summed E-state index contributed by atoms with van der Waals surface area (Å²) < 4.78 is 51.8. The fourth-order valence-electron chi connectivity index (χ4n) is 8.32. The molecular formula is C50H62N6O12. The Morgan fingerprint density at radius 2 is 1.16 bits per heavy atom. The predicted molar refractivity (Wildman–Crippen MR) is 254 cm³/mol. The lowest BCUT2D eigenvalue weighted by Gasteiger charge is -2.22. The summed E-state index contributed by atoms with van der Waals surface area (Å²) in [6.45, 7) is 9.12. The van der Waals surface area contributed by atoms with Crippen LogP contribution in [-0.2, 0) is 37.0 Å². The number of benzene rings is 2. The number of nitrogens with zero attached hydrogens (tertiary/aromatic N) is 6. The molecule has 68 heavy (non-hydrogen) atoms. The van der Waals surface area contributed by atoms with Crippen molar-refractivity contribution >= 4 is 41.6 Å². The van der Waals surface area contributed by atoms with Gasteiger partial charge in [0.15, 0.2) is 23.0 Å². The lowest BCUT2D eigenvalue weighted by atomic mass is 10.1. The number of hydrogen-bond donors (Lipinski definition) is 0. The molecule has 3 aromatic rings. The Labute approximate surface area is 397 Å². The molecule has 18 nitrogen and oxygen atoms in total. The third kappa shape index (κ3) is 12.4. The van der Waals surface area contributed by atoms with E-state index >= 15 is 0 Å². The van der Waals surface area contributed by atoms with E-state index in [1.165, 1.54) is 32.5 Å². The van der Waals surface area contributed by atoms with Crippen molar-refractivity contribution in [2.75, 3.05) is 101 Å². The summed E-state index contributed by atoms with van der Waals surface area (Å²) in [5.41, 5.74) is 5.27. The van der Waals surface area contributed by atoms with Crippen molar-refractivity contribution < 1.29 is 57.0 Å². The Bertz CT molecular complexity index is 2270. The van der Waals surface area contributed by atoms with Gasteiger partial charge >= 0.3 is 5.97 Å². The number of ether oxygens (including phenoxy) is 9. The van der Waals surface area contributed by atoms with Gasteiger partial charge in [-0.2, -0.15) is 0 Å². The van der Waals surface area contributed by atoms with Crippen molar-refractivity contribution in [2.24, 2.45) is 9.98 Å². The van der Waals surface area contributed by atoms with E-state index in [9.17, 15) is 14.4 Å². The van der Waals surface area contributed by atoms with E-state index in [2.05, 4.69) is 17.1 Å². The number of rotatable bonds is 24. The molecule has 1 aromatic heterocycles. The number of pyridine rings is 1. The molecule has 2 fully saturated rings. The predicted octanol–water partition coefficient (Wildman–Crippen LogP) is 5.93. The Morgan fingerprint density at radius 3 is 1.66 bits per heavy atom. The average molecular weight is 939 g/mol. The van der Waals surface area contributed by atoms with Crippen LogP contribution >= 0.6 is 0 Å². The number of methoxy groups -OCH3 is 4. The van der Waals surface area contributed by atoms with Gasteiger partial charge in [-0.15, -0.1) is 0 Å². The van der Waals surface area contributed by atoms with Gasteiger partial charge in [-0.05, 0) is 38.8 Å². The number of esters is 1. The first-order valence-corrected chi connectivity index (χ1v) is 22.9. The van der Waals surface area contributed by atoms with Crippen LogP contribution in [0.25, 0.3) is 0 Å². The summed E-state index contributed by atoms with van der Waals surface area (Å²) in [4.78, 5) is 59.6. The van der Waals surface area contributed by atoms with Crippen LogP contribution in [0.15, 0.2) is 69.7 Å². The van der Waals surface area contributed by atoms with Crippen LogP contribution < -0.4 is 23.7 Å². The van der Waals surface area contributed by atoms with Crippen molar-refractivity contribution in [1.29, 1.82) is 0 Å². The van der Waals surface area contributed by atoms with E-state index in [0.717, 1.165) is 12.8 Å². The van der Waals surface area contributed by atoms with Gasteiger partial charge in [-0.1, -0.05) is 23.3 Å². The molecule has 2 saturated heterocycles. The van der Waals surface area contributed by atoms with Gasteiger partial charge in [-0.3, -0.25) is 34.3 Å². The number of carbonyl (C=O) groups is 3. The highest BCUT2D eigenvalue weighted by molar-refractivity contribution is 6.04. The first-order chi connectivity index (χ1) is 33.1. The van der Waals surface area contributed by atoms with E-state index in [1.807, 2.05) is 36.1 Å². The fourth-order valence-corrected chi connectivity index (χ4v) is 8.32. The molecule has 364 valence electrons. The van der Waals surface area contributed by atoms with Gasteiger partial charge < -0.3 is 52.4 Å². The first-order valence-electron chi connectivity index (χ1n) is 22.9. The highest BCUT2D eigenvalue weighted by atomic mass is 16.5. The molecule has 5 heterocycles. The SMILES string of the molecule is C/C=C1\CC2C=Nc3cc(OCc4cc(OCCN(CCOCCOCCOC)CCC(=O)OC)cc(COc5cc6c(cc5OC)C(=O)N5C/C(=C/C)CC5C=N6)n4)c(OC)cc3C(=O)N2C1. The van der Waals surface area contributed by atoms with Gasteiger partial charge in [-0.25, -0.2) is 0 Å². The number of aromatic nitrogens is 1. The third-order valence-corrected chi connectivity index (χ3v) is 12.2. The molecule has 0 spiro atoms. The van der Waals surface area contributed by atoms with Gasteiger partial charge in [0, 0.05) is 76.5 Å².